The molecule has 1 aliphatic rings. The SMILES string of the molecule is CN(CCC(O)c1ccccc1Cl)C1CCOCC1. The molecule has 2 rings (SSSR count). The molecule has 1 atom stereocenters. The number of ether oxygens (including phenoxy) is 1. The molecule has 1 aromatic carbocycles. The van der Waals surface area contributed by atoms with Crippen LogP contribution in [-0.2, 0) is 4.74 Å². The molecule has 1 N–H and O–H groups in total. The van der Waals surface area contributed by atoms with Crippen molar-refractivity contribution < 1.29 is 9.84 Å². The molecule has 1 fully saturated rings. The molecular formula is C15H22ClNO2. The Morgan fingerprint density at radius 1 is 1.37 bits per heavy atom. The third kappa shape index (κ3) is 4.18. The van der Waals surface area contributed by atoms with Crippen LogP contribution >= 0.6 is 11.6 Å². The second-order valence-corrected chi connectivity index (χ2v) is 5.56. The molecule has 1 aliphatic heterocycles. The van der Waals surface area contributed by atoms with Crippen molar-refractivity contribution in [1.29, 1.82) is 0 Å². The lowest BCUT2D eigenvalue weighted by Crippen LogP contribution is -2.37. The van der Waals surface area contributed by atoms with Gasteiger partial charge in [-0.3, -0.25) is 0 Å². The zero-order valence-electron chi connectivity index (χ0n) is 11.4. The smallest absolute Gasteiger partial charge is 0.0816 e. The Labute approximate surface area is 120 Å². The van der Waals surface area contributed by atoms with Gasteiger partial charge < -0.3 is 14.7 Å². The van der Waals surface area contributed by atoms with Crippen LogP contribution in [0.4, 0.5) is 0 Å². The summed E-state index contributed by atoms with van der Waals surface area (Å²) < 4.78 is 5.37. The van der Waals surface area contributed by atoms with E-state index in [0.29, 0.717) is 17.5 Å². The van der Waals surface area contributed by atoms with E-state index in [9.17, 15) is 5.11 Å². The minimum Gasteiger partial charge on any atom is -0.388 e. The molecule has 0 bridgehead atoms. The zero-order chi connectivity index (χ0) is 13.7. The number of rotatable bonds is 5. The van der Waals surface area contributed by atoms with Gasteiger partial charge in [0.15, 0.2) is 0 Å². The van der Waals surface area contributed by atoms with Gasteiger partial charge in [-0.25, -0.2) is 0 Å². The Hall–Kier alpha value is -0.610. The van der Waals surface area contributed by atoms with E-state index in [1.165, 1.54) is 0 Å². The summed E-state index contributed by atoms with van der Waals surface area (Å²) in [7, 11) is 2.12. The molecule has 19 heavy (non-hydrogen) atoms. The Kier molecular flexibility index (Phi) is 5.64. The van der Waals surface area contributed by atoms with Crippen molar-refractivity contribution in [3.05, 3.63) is 34.9 Å². The molecule has 1 heterocycles. The first kappa shape index (κ1) is 14.8. The second kappa shape index (κ2) is 7.25. The maximum absolute atomic E-state index is 10.2. The van der Waals surface area contributed by atoms with E-state index in [1.807, 2.05) is 24.3 Å². The lowest BCUT2D eigenvalue weighted by Gasteiger charge is -2.31. The van der Waals surface area contributed by atoms with Gasteiger partial charge in [-0.1, -0.05) is 29.8 Å². The Morgan fingerprint density at radius 2 is 2.05 bits per heavy atom. The number of aliphatic hydroxyl groups excluding tert-OH is 1. The van der Waals surface area contributed by atoms with Gasteiger partial charge in [-0.15, -0.1) is 0 Å². The summed E-state index contributed by atoms with van der Waals surface area (Å²) in [6, 6.07) is 8.08. The Morgan fingerprint density at radius 3 is 2.74 bits per heavy atom. The molecular weight excluding hydrogens is 262 g/mol. The van der Waals surface area contributed by atoms with E-state index in [0.717, 1.165) is 38.2 Å². The van der Waals surface area contributed by atoms with Gasteiger partial charge in [-0.05, 0) is 37.9 Å². The largest absolute Gasteiger partial charge is 0.388 e. The fraction of sp³-hybridized carbons (Fsp3) is 0.600. The molecule has 1 saturated heterocycles. The van der Waals surface area contributed by atoms with Gasteiger partial charge >= 0.3 is 0 Å². The fourth-order valence-electron chi connectivity index (χ4n) is 2.54. The topological polar surface area (TPSA) is 32.7 Å². The van der Waals surface area contributed by atoms with Gasteiger partial charge in [0.25, 0.3) is 0 Å². The van der Waals surface area contributed by atoms with Gasteiger partial charge in [0, 0.05) is 30.8 Å². The fourth-order valence-corrected chi connectivity index (χ4v) is 2.80. The molecule has 106 valence electrons. The van der Waals surface area contributed by atoms with Crippen LogP contribution < -0.4 is 0 Å². The molecule has 3 nitrogen and oxygen atoms in total. The zero-order valence-corrected chi connectivity index (χ0v) is 12.1. The average Bonchev–Trinajstić information content (AvgIpc) is 2.46. The van der Waals surface area contributed by atoms with Crippen molar-refractivity contribution in [1.82, 2.24) is 4.90 Å². The van der Waals surface area contributed by atoms with Gasteiger partial charge in [0.2, 0.25) is 0 Å². The highest BCUT2D eigenvalue weighted by molar-refractivity contribution is 6.31. The minimum absolute atomic E-state index is 0.490. The quantitative estimate of drug-likeness (QED) is 0.902. The van der Waals surface area contributed by atoms with Crippen molar-refractivity contribution in [2.45, 2.75) is 31.4 Å². The average molecular weight is 284 g/mol. The Bertz CT molecular complexity index is 393. The highest BCUT2D eigenvalue weighted by Crippen LogP contribution is 2.25. The molecule has 1 unspecified atom stereocenters. The predicted molar refractivity (Wildman–Crippen MR) is 77.5 cm³/mol. The highest BCUT2D eigenvalue weighted by atomic mass is 35.5. The van der Waals surface area contributed by atoms with Crippen LogP contribution in [0.3, 0.4) is 0 Å². The predicted octanol–water partition coefficient (Wildman–Crippen LogP) is 2.87. The first-order valence-corrected chi connectivity index (χ1v) is 7.26. The van der Waals surface area contributed by atoms with Crippen LogP contribution in [-0.4, -0.2) is 42.9 Å². The summed E-state index contributed by atoms with van der Waals surface area (Å²) in [4.78, 5) is 2.32. The summed E-state index contributed by atoms with van der Waals surface area (Å²) in [5.74, 6) is 0. The van der Waals surface area contributed by atoms with Crippen LogP contribution in [0.15, 0.2) is 24.3 Å². The third-order valence-corrected chi connectivity index (χ3v) is 4.18. The standard InChI is InChI=1S/C15H22ClNO2/c1-17(12-7-10-19-11-8-12)9-6-15(18)13-4-2-3-5-14(13)16/h2-5,12,15,18H,6-11H2,1H3. The summed E-state index contributed by atoms with van der Waals surface area (Å²) in [6.45, 7) is 2.57. The van der Waals surface area contributed by atoms with Crippen LogP contribution in [0.5, 0.6) is 0 Å². The molecule has 0 saturated carbocycles. The minimum atomic E-state index is -0.490. The maximum Gasteiger partial charge on any atom is 0.0816 e. The molecule has 0 aliphatic carbocycles. The van der Waals surface area contributed by atoms with E-state index >= 15 is 0 Å². The van der Waals surface area contributed by atoms with E-state index < -0.39 is 6.10 Å². The highest BCUT2D eigenvalue weighted by Gasteiger charge is 2.19. The molecule has 1 aromatic rings. The van der Waals surface area contributed by atoms with Crippen molar-refractivity contribution in [2.75, 3.05) is 26.8 Å². The van der Waals surface area contributed by atoms with Crippen LogP contribution in [0.1, 0.15) is 30.9 Å². The van der Waals surface area contributed by atoms with E-state index in [1.54, 1.807) is 0 Å². The first-order chi connectivity index (χ1) is 9.18. The lowest BCUT2D eigenvalue weighted by atomic mass is 10.0. The second-order valence-electron chi connectivity index (χ2n) is 5.15. The van der Waals surface area contributed by atoms with Crippen molar-refractivity contribution in [3.8, 4) is 0 Å². The van der Waals surface area contributed by atoms with Gasteiger partial charge in [0.05, 0.1) is 6.10 Å². The van der Waals surface area contributed by atoms with Crippen LogP contribution in [0.25, 0.3) is 0 Å². The number of halogens is 1. The third-order valence-electron chi connectivity index (χ3n) is 3.83. The maximum atomic E-state index is 10.2. The monoisotopic (exact) mass is 283 g/mol. The number of aliphatic hydroxyl groups is 1. The lowest BCUT2D eigenvalue weighted by molar-refractivity contribution is 0.0377. The number of nitrogens with zero attached hydrogens (tertiary/aromatic N) is 1. The van der Waals surface area contributed by atoms with Gasteiger partial charge in [0.1, 0.15) is 0 Å². The number of hydrogen-bond donors (Lipinski definition) is 1. The summed E-state index contributed by atoms with van der Waals surface area (Å²) >= 11 is 6.09. The van der Waals surface area contributed by atoms with E-state index in [2.05, 4.69) is 11.9 Å². The molecule has 4 heteroatoms. The normalized spacial score (nSPS) is 18.7. The van der Waals surface area contributed by atoms with Crippen LogP contribution in [0.2, 0.25) is 5.02 Å². The van der Waals surface area contributed by atoms with E-state index in [-0.39, 0.29) is 0 Å². The molecule has 0 radical (unpaired) electrons. The number of hydrogen-bond acceptors (Lipinski definition) is 3. The first-order valence-electron chi connectivity index (χ1n) is 6.89. The summed E-state index contributed by atoms with van der Waals surface area (Å²) in [5, 5.41) is 10.9. The molecule has 0 aromatic heterocycles. The van der Waals surface area contributed by atoms with E-state index in [4.69, 9.17) is 16.3 Å². The van der Waals surface area contributed by atoms with Crippen LogP contribution in [0, 0.1) is 0 Å². The van der Waals surface area contributed by atoms with Crippen molar-refractivity contribution >= 4 is 11.6 Å². The van der Waals surface area contributed by atoms with Crippen molar-refractivity contribution in [2.24, 2.45) is 0 Å². The molecule has 0 spiro atoms. The molecule has 0 amide bonds. The Balaban J connectivity index is 1.82. The van der Waals surface area contributed by atoms with Gasteiger partial charge in [-0.2, -0.15) is 0 Å². The number of benzene rings is 1. The summed E-state index contributed by atoms with van der Waals surface area (Å²) in [5.41, 5.74) is 0.824. The van der Waals surface area contributed by atoms with Crippen molar-refractivity contribution in [3.63, 3.8) is 0 Å². The summed E-state index contributed by atoms with van der Waals surface area (Å²) in [6.07, 6.45) is 2.38.